The lowest BCUT2D eigenvalue weighted by Crippen LogP contribution is -2.38. The summed E-state index contributed by atoms with van der Waals surface area (Å²) in [5, 5.41) is 0.534. The van der Waals surface area contributed by atoms with Crippen LogP contribution in [0.3, 0.4) is 0 Å². The summed E-state index contributed by atoms with van der Waals surface area (Å²) in [5.41, 5.74) is 1.16. The minimum absolute atomic E-state index is 0.0245. The van der Waals surface area contributed by atoms with Gasteiger partial charge in [0.2, 0.25) is 0 Å². The van der Waals surface area contributed by atoms with Crippen molar-refractivity contribution in [1.29, 1.82) is 0 Å². The van der Waals surface area contributed by atoms with E-state index in [0.717, 1.165) is 12.3 Å². The molecule has 0 radical (unpaired) electrons. The molecule has 2 fully saturated rings. The number of Topliss-reactive ketones (excluding diaryl/α,β-unsaturated/α-hetero) is 1. The largest absolute Gasteiger partial charge is 0.488 e. The molecule has 0 amide bonds. The van der Waals surface area contributed by atoms with Gasteiger partial charge in [0.05, 0.1) is 5.02 Å². The summed E-state index contributed by atoms with van der Waals surface area (Å²) in [6, 6.07) is 5.34. The summed E-state index contributed by atoms with van der Waals surface area (Å²) in [5.74, 6) is 1.47. The Balaban J connectivity index is 1.84. The standard InChI is InChI=1S/C18H23ClO2/c1-11(20)12-5-6-15(14(19)9-12)21-16-10-13-7-8-18(16,4)17(13,2)3/h5-6,9,13,16H,7-8,10H2,1-4H3. The molecular weight excluding hydrogens is 284 g/mol. The van der Waals surface area contributed by atoms with E-state index >= 15 is 0 Å². The van der Waals surface area contributed by atoms with Crippen LogP contribution < -0.4 is 4.74 Å². The third kappa shape index (κ3) is 2.11. The Morgan fingerprint density at radius 3 is 2.52 bits per heavy atom. The van der Waals surface area contributed by atoms with Gasteiger partial charge in [0.1, 0.15) is 11.9 Å². The molecular formula is C18H23ClO2. The fourth-order valence-corrected chi connectivity index (χ4v) is 4.50. The highest BCUT2D eigenvalue weighted by Gasteiger charge is 2.62. The minimum Gasteiger partial charge on any atom is -0.488 e. The van der Waals surface area contributed by atoms with Crippen LogP contribution in [0.1, 0.15) is 57.3 Å². The van der Waals surface area contributed by atoms with Gasteiger partial charge in [0, 0.05) is 11.0 Å². The molecule has 3 heteroatoms. The zero-order valence-electron chi connectivity index (χ0n) is 13.2. The van der Waals surface area contributed by atoms with Crippen molar-refractivity contribution in [3.8, 4) is 5.75 Å². The van der Waals surface area contributed by atoms with Crippen molar-refractivity contribution >= 4 is 17.4 Å². The highest BCUT2D eigenvalue weighted by Crippen LogP contribution is 2.66. The molecule has 0 saturated heterocycles. The van der Waals surface area contributed by atoms with E-state index in [1.165, 1.54) is 12.8 Å². The van der Waals surface area contributed by atoms with Gasteiger partial charge < -0.3 is 4.74 Å². The molecule has 2 nitrogen and oxygen atoms in total. The van der Waals surface area contributed by atoms with Crippen LogP contribution in [0, 0.1) is 16.7 Å². The fraction of sp³-hybridized carbons (Fsp3) is 0.611. The van der Waals surface area contributed by atoms with Crippen LogP contribution in [0.15, 0.2) is 18.2 Å². The van der Waals surface area contributed by atoms with Gasteiger partial charge in [-0.2, -0.15) is 0 Å². The maximum absolute atomic E-state index is 11.4. The van der Waals surface area contributed by atoms with Crippen molar-refractivity contribution in [2.24, 2.45) is 16.7 Å². The molecule has 3 rings (SSSR count). The quantitative estimate of drug-likeness (QED) is 0.723. The predicted molar refractivity (Wildman–Crippen MR) is 85.1 cm³/mol. The Kier molecular flexibility index (Phi) is 3.36. The highest BCUT2D eigenvalue weighted by molar-refractivity contribution is 6.32. The minimum atomic E-state index is 0.0245. The SMILES string of the molecule is CC(=O)c1ccc(OC2CC3CCC2(C)C3(C)C)c(Cl)c1. The second kappa shape index (κ2) is 4.74. The first-order valence-electron chi connectivity index (χ1n) is 7.73. The molecule has 0 spiro atoms. The number of ether oxygens (including phenoxy) is 1. The number of hydrogen-bond acceptors (Lipinski definition) is 2. The van der Waals surface area contributed by atoms with Crippen molar-refractivity contribution in [1.82, 2.24) is 0 Å². The first-order chi connectivity index (χ1) is 9.75. The molecule has 0 aliphatic heterocycles. The van der Waals surface area contributed by atoms with Crippen LogP contribution in [0.2, 0.25) is 5.02 Å². The van der Waals surface area contributed by atoms with Crippen molar-refractivity contribution in [3.63, 3.8) is 0 Å². The van der Waals surface area contributed by atoms with E-state index in [9.17, 15) is 4.79 Å². The summed E-state index contributed by atoms with van der Waals surface area (Å²) in [7, 11) is 0. The second-order valence-corrected chi connectivity index (χ2v) is 7.83. The van der Waals surface area contributed by atoms with Gasteiger partial charge >= 0.3 is 0 Å². The summed E-state index contributed by atoms with van der Waals surface area (Å²) in [4.78, 5) is 11.4. The number of halogens is 1. The third-order valence-electron chi connectivity index (χ3n) is 6.32. The van der Waals surface area contributed by atoms with E-state index in [1.807, 2.05) is 6.07 Å². The third-order valence-corrected chi connectivity index (χ3v) is 6.62. The second-order valence-electron chi connectivity index (χ2n) is 7.42. The average Bonchev–Trinajstić information content (AvgIpc) is 2.74. The lowest BCUT2D eigenvalue weighted by atomic mass is 9.70. The number of fused-ring (bicyclic) bond motifs is 2. The molecule has 0 aromatic heterocycles. The average molecular weight is 307 g/mol. The molecule has 114 valence electrons. The molecule has 2 bridgehead atoms. The maximum atomic E-state index is 11.4. The van der Waals surface area contributed by atoms with Gasteiger partial charge in [-0.05, 0) is 55.7 Å². The molecule has 3 atom stereocenters. The van der Waals surface area contributed by atoms with E-state index in [4.69, 9.17) is 16.3 Å². The van der Waals surface area contributed by atoms with Gasteiger partial charge in [-0.1, -0.05) is 32.4 Å². The van der Waals surface area contributed by atoms with Gasteiger partial charge in [0.15, 0.2) is 5.78 Å². The predicted octanol–water partition coefficient (Wildman–Crippen LogP) is 5.14. The van der Waals surface area contributed by atoms with Crippen LogP contribution >= 0.6 is 11.6 Å². The Bertz CT molecular complexity index is 593. The number of carbonyl (C=O) groups is 1. The van der Waals surface area contributed by atoms with Crippen molar-refractivity contribution in [2.75, 3.05) is 0 Å². The van der Waals surface area contributed by atoms with Gasteiger partial charge in [-0.25, -0.2) is 0 Å². The molecule has 21 heavy (non-hydrogen) atoms. The van der Waals surface area contributed by atoms with Gasteiger partial charge in [0.25, 0.3) is 0 Å². The van der Waals surface area contributed by atoms with Crippen LogP contribution in [-0.2, 0) is 0 Å². The molecule has 0 heterocycles. The molecule has 3 unspecified atom stereocenters. The van der Waals surface area contributed by atoms with Crippen LogP contribution in [0.5, 0.6) is 5.75 Å². The van der Waals surface area contributed by atoms with Crippen molar-refractivity contribution in [2.45, 2.75) is 53.1 Å². The lowest BCUT2D eigenvalue weighted by molar-refractivity contribution is 0.0302. The van der Waals surface area contributed by atoms with E-state index in [0.29, 0.717) is 21.8 Å². The Labute approximate surface area is 131 Å². The smallest absolute Gasteiger partial charge is 0.159 e. The van der Waals surface area contributed by atoms with Crippen LogP contribution in [0.4, 0.5) is 0 Å². The zero-order valence-corrected chi connectivity index (χ0v) is 14.0. The number of carbonyl (C=O) groups excluding carboxylic acids is 1. The molecule has 1 aromatic carbocycles. The normalized spacial score (nSPS) is 33.2. The van der Waals surface area contributed by atoms with Crippen molar-refractivity contribution < 1.29 is 9.53 Å². The van der Waals surface area contributed by atoms with Crippen molar-refractivity contribution in [3.05, 3.63) is 28.8 Å². The number of rotatable bonds is 3. The maximum Gasteiger partial charge on any atom is 0.159 e. The monoisotopic (exact) mass is 306 g/mol. The fourth-order valence-electron chi connectivity index (χ4n) is 4.28. The topological polar surface area (TPSA) is 26.3 Å². The van der Waals surface area contributed by atoms with E-state index in [1.54, 1.807) is 19.1 Å². The van der Waals surface area contributed by atoms with Crippen LogP contribution in [-0.4, -0.2) is 11.9 Å². The number of hydrogen-bond donors (Lipinski definition) is 0. The number of benzene rings is 1. The summed E-state index contributed by atoms with van der Waals surface area (Å²) < 4.78 is 6.27. The first-order valence-corrected chi connectivity index (χ1v) is 8.10. The zero-order chi connectivity index (χ0) is 15.4. The summed E-state index contributed by atoms with van der Waals surface area (Å²) >= 11 is 6.29. The van der Waals surface area contributed by atoms with Gasteiger partial charge in [-0.3, -0.25) is 4.79 Å². The lowest BCUT2D eigenvalue weighted by Gasteiger charge is -2.39. The number of ketones is 1. The Morgan fingerprint density at radius 1 is 1.33 bits per heavy atom. The molecule has 2 saturated carbocycles. The Morgan fingerprint density at radius 2 is 2.05 bits per heavy atom. The van der Waals surface area contributed by atoms with E-state index in [2.05, 4.69) is 20.8 Å². The molecule has 2 aliphatic rings. The van der Waals surface area contributed by atoms with E-state index < -0.39 is 0 Å². The Hall–Kier alpha value is -1.02. The highest BCUT2D eigenvalue weighted by atomic mass is 35.5. The summed E-state index contributed by atoms with van der Waals surface area (Å²) in [6.07, 6.45) is 3.85. The molecule has 2 aliphatic carbocycles. The first kappa shape index (κ1) is 14.9. The van der Waals surface area contributed by atoms with E-state index in [-0.39, 0.29) is 17.3 Å². The summed E-state index contributed by atoms with van der Waals surface area (Å²) in [6.45, 7) is 8.64. The molecule has 0 N–H and O–H groups in total. The molecule has 1 aromatic rings. The van der Waals surface area contributed by atoms with Crippen LogP contribution in [0.25, 0.3) is 0 Å². The van der Waals surface area contributed by atoms with Gasteiger partial charge in [-0.15, -0.1) is 0 Å².